The zero-order valence-electron chi connectivity index (χ0n) is 20.0. The molecule has 1 atom stereocenters. The Morgan fingerprint density at radius 2 is 1.89 bits per heavy atom. The first kappa shape index (κ1) is 24.7. The molecule has 1 saturated heterocycles. The lowest BCUT2D eigenvalue weighted by molar-refractivity contribution is -0.118. The van der Waals surface area contributed by atoms with Gasteiger partial charge in [-0.15, -0.1) is 0 Å². The monoisotopic (exact) mass is 497 g/mol. The van der Waals surface area contributed by atoms with Crippen molar-refractivity contribution in [2.45, 2.75) is 50.2 Å². The summed E-state index contributed by atoms with van der Waals surface area (Å²) in [4.78, 5) is 32.8. The summed E-state index contributed by atoms with van der Waals surface area (Å²) in [5.74, 6) is -0.914. The molecule has 4 rings (SSSR count). The van der Waals surface area contributed by atoms with Crippen LogP contribution >= 0.6 is 0 Å². The molecule has 1 fully saturated rings. The first-order valence-electron chi connectivity index (χ1n) is 11.9. The van der Waals surface area contributed by atoms with Crippen LogP contribution in [0.5, 0.6) is 0 Å². The molecule has 2 N–H and O–H groups in total. The quantitative estimate of drug-likeness (QED) is 0.469. The first-order valence-corrected chi connectivity index (χ1v) is 13.8. The molecule has 10 heteroatoms. The van der Waals surface area contributed by atoms with Crippen molar-refractivity contribution in [1.82, 2.24) is 14.7 Å². The van der Waals surface area contributed by atoms with Crippen molar-refractivity contribution in [2.24, 2.45) is 0 Å². The normalized spacial score (nSPS) is 14.7. The summed E-state index contributed by atoms with van der Waals surface area (Å²) < 4.78 is 25.8. The van der Waals surface area contributed by atoms with E-state index in [-0.39, 0.29) is 16.8 Å². The molecule has 3 heterocycles. The van der Waals surface area contributed by atoms with Crippen molar-refractivity contribution in [3.05, 3.63) is 54.4 Å². The predicted octanol–water partition coefficient (Wildman–Crippen LogP) is 3.27. The van der Waals surface area contributed by atoms with Crippen LogP contribution in [0.25, 0.3) is 5.52 Å². The van der Waals surface area contributed by atoms with Crippen LogP contribution in [0, 0.1) is 0 Å². The van der Waals surface area contributed by atoms with Gasteiger partial charge in [0.05, 0.1) is 5.52 Å². The van der Waals surface area contributed by atoms with Gasteiger partial charge in [-0.05, 0) is 49.6 Å². The maximum absolute atomic E-state index is 13.2. The molecule has 0 radical (unpaired) electrons. The van der Waals surface area contributed by atoms with Crippen molar-refractivity contribution in [3.63, 3.8) is 0 Å². The van der Waals surface area contributed by atoms with Crippen molar-refractivity contribution >= 4 is 38.5 Å². The fraction of sp³-hybridized carbons (Fsp3) is 0.400. The van der Waals surface area contributed by atoms with Crippen molar-refractivity contribution in [2.75, 3.05) is 29.6 Å². The number of anilines is 2. The number of hydrogen-bond donors (Lipinski definition) is 2. The van der Waals surface area contributed by atoms with Gasteiger partial charge in [0, 0.05) is 36.9 Å². The number of sulfone groups is 1. The largest absolute Gasteiger partial charge is 0.371 e. The minimum absolute atomic E-state index is 0.0312. The lowest BCUT2D eigenvalue weighted by Gasteiger charge is -2.20. The Morgan fingerprint density at radius 3 is 2.60 bits per heavy atom. The van der Waals surface area contributed by atoms with Crippen molar-refractivity contribution in [3.8, 4) is 0 Å². The van der Waals surface area contributed by atoms with Gasteiger partial charge in [0.25, 0.3) is 5.91 Å². The van der Waals surface area contributed by atoms with Crippen LogP contribution in [0.3, 0.4) is 0 Å². The molecule has 2 aromatic heterocycles. The van der Waals surface area contributed by atoms with Gasteiger partial charge in [-0.1, -0.05) is 31.9 Å². The number of aromatic nitrogens is 2. The summed E-state index contributed by atoms with van der Waals surface area (Å²) in [5, 5.41) is 5.50. The summed E-state index contributed by atoms with van der Waals surface area (Å²) in [6.07, 6.45) is 6.95. The first-order chi connectivity index (χ1) is 16.8. The highest BCUT2D eigenvalue weighted by Gasteiger charge is 2.27. The molecule has 1 aromatic carbocycles. The second-order valence-corrected chi connectivity index (χ2v) is 10.8. The molecular weight excluding hydrogens is 466 g/mol. The molecule has 1 aliphatic rings. The van der Waals surface area contributed by atoms with Crippen LogP contribution in [0.15, 0.2) is 53.8 Å². The fourth-order valence-electron chi connectivity index (χ4n) is 4.33. The molecule has 1 aliphatic heterocycles. The van der Waals surface area contributed by atoms with E-state index in [1.807, 2.05) is 31.2 Å². The summed E-state index contributed by atoms with van der Waals surface area (Å²) >= 11 is 0. The lowest BCUT2D eigenvalue weighted by Crippen LogP contribution is -2.44. The Kier molecular flexibility index (Phi) is 7.39. The Labute approximate surface area is 205 Å². The van der Waals surface area contributed by atoms with Crippen LogP contribution < -0.4 is 15.5 Å². The second-order valence-electron chi connectivity index (χ2n) is 8.87. The lowest BCUT2D eigenvalue weighted by atomic mass is 10.1. The zero-order chi connectivity index (χ0) is 25.0. The number of unbranched alkanes of at least 4 members (excludes halogenated alkanes) is 1. The number of benzene rings is 1. The van der Waals surface area contributed by atoms with Gasteiger partial charge in [0.1, 0.15) is 6.04 Å². The number of amides is 2. The second kappa shape index (κ2) is 10.5. The van der Waals surface area contributed by atoms with Gasteiger partial charge in [-0.2, -0.15) is 0 Å². The Balaban J connectivity index is 1.55. The number of rotatable bonds is 9. The summed E-state index contributed by atoms with van der Waals surface area (Å²) in [6.45, 7) is 4.01. The average molecular weight is 498 g/mol. The number of fused-ring (bicyclic) bond motifs is 1. The topological polar surface area (TPSA) is 113 Å². The van der Waals surface area contributed by atoms with Crippen LogP contribution in [-0.4, -0.2) is 55.0 Å². The van der Waals surface area contributed by atoms with Crippen LogP contribution in [0.4, 0.5) is 11.4 Å². The van der Waals surface area contributed by atoms with Gasteiger partial charge < -0.3 is 15.5 Å². The third-order valence-corrected chi connectivity index (χ3v) is 7.07. The minimum Gasteiger partial charge on any atom is -0.371 e. The highest BCUT2D eigenvalue weighted by Crippen LogP contribution is 2.24. The molecule has 0 bridgehead atoms. The maximum Gasteiger partial charge on any atom is 0.272 e. The molecule has 35 heavy (non-hydrogen) atoms. The van der Waals surface area contributed by atoms with Crippen LogP contribution in [-0.2, 0) is 14.6 Å². The van der Waals surface area contributed by atoms with Crippen molar-refractivity contribution in [1.29, 1.82) is 0 Å². The van der Waals surface area contributed by atoms with E-state index in [1.165, 1.54) is 4.40 Å². The molecule has 1 unspecified atom stereocenters. The summed E-state index contributed by atoms with van der Waals surface area (Å²) in [7, 11) is -3.66. The molecule has 0 aliphatic carbocycles. The van der Waals surface area contributed by atoms with Gasteiger partial charge in [-0.3, -0.25) is 14.0 Å². The molecule has 2 amide bonds. The Hall–Kier alpha value is -3.40. The number of hydrogen-bond acceptors (Lipinski definition) is 6. The average Bonchev–Trinajstić information content (AvgIpc) is 3.50. The van der Waals surface area contributed by atoms with E-state index in [9.17, 15) is 18.0 Å². The van der Waals surface area contributed by atoms with E-state index >= 15 is 0 Å². The summed E-state index contributed by atoms with van der Waals surface area (Å²) in [5.41, 5.74) is 2.06. The van der Waals surface area contributed by atoms with E-state index in [4.69, 9.17) is 0 Å². The molecule has 186 valence electrons. The maximum atomic E-state index is 13.2. The van der Waals surface area contributed by atoms with E-state index in [2.05, 4.69) is 20.5 Å². The Bertz CT molecular complexity index is 1330. The summed E-state index contributed by atoms with van der Waals surface area (Å²) in [6, 6.07) is 11.9. The molecule has 0 saturated carbocycles. The smallest absolute Gasteiger partial charge is 0.272 e. The van der Waals surface area contributed by atoms with Gasteiger partial charge in [0.2, 0.25) is 20.9 Å². The SMILES string of the molecule is CCCCC(NC(=O)c1nc(S(C)(=O)=O)n2ccccc12)C(=O)Nc1cccc(N2CCCC2)c1. The van der Waals surface area contributed by atoms with Gasteiger partial charge in [0.15, 0.2) is 5.69 Å². The number of imidazole rings is 1. The Morgan fingerprint density at radius 1 is 1.11 bits per heavy atom. The highest BCUT2D eigenvalue weighted by atomic mass is 32.2. The van der Waals surface area contributed by atoms with Gasteiger partial charge >= 0.3 is 0 Å². The van der Waals surface area contributed by atoms with Crippen molar-refractivity contribution < 1.29 is 18.0 Å². The third-order valence-electron chi connectivity index (χ3n) is 6.12. The highest BCUT2D eigenvalue weighted by molar-refractivity contribution is 7.90. The zero-order valence-corrected chi connectivity index (χ0v) is 20.8. The molecule has 9 nitrogen and oxygen atoms in total. The predicted molar refractivity (Wildman–Crippen MR) is 136 cm³/mol. The minimum atomic E-state index is -3.66. The van der Waals surface area contributed by atoms with E-state index in [0.29, 0.717) is 17.6 Å². The number of pyridine rings is 1. The van der Waals surface area contributed by atoms with E-state index < -0.39 is 21.8 Å². The van der Waals surface area contributed by atoms with Crippen LogP contribution in [0.1, 0.15) is 49.5 Å². The fourth-order valence-corrected chi connectivity index (χ4v) is 5.10. The molecule has 0 spiro atoms. The number of carbonyl (C=O) groups is 2. The number of nitrogens with zero attached hydrogens (tertiary/aromatic N) is 3. The molecular formula is C25H31N5O4S. The van der Waals surface area contributed by atoms with E-state index in [1.54, 1.807) is 24.4 Å². The number of nitrogens with one attached hydrogen (secondary N) is 2. The van der Waals surface area contributed by atoms with Crippen LogP contribution in [0.2, 0.25) is 0 Å². The van der Waals surface area contributed by atoms with E-state index in [0.717, 1.165) is 50.7 Å². The van der Waals surface area contributed by atoms with Gasteiger partial charge in [-0.25, -0.2) is 13.4 Å². The molecule has 3 aromatic rings. The number of carbonyl (C=O) groups excluding carboxylic acids is 2. The third kappa shape index (κ3) is 5.64. The standard InChI is InChI=1S/C25H31N5O4S/c1-3-4-12-20(23(31)26-18-10-9-11-19(17-18)29-14-7-8-15-29)27-24(32)22-21-13-5-6-16-30(21)25(28-22)35(2,33)34/h5-6,9-11,13,16-17,20H,3-4,7-8,12,14-15H2,1-2H3,(H,26,31)(H,27,32).